The van der Waals surface area contributed by atoms with Gasteiger partial charge >= 0.3 is 0 Å². The van der Waals surface area contributed by atoms with E-state index in [1.807, 2.05) is 23.3 Å². The molecule has 0 atom stereocenters. The van der Waals surface area contributed by atoms with Crippen molar-refractivity contribution in [1.82, 2.24) is 10.4 Å². The van der Waals surface area contributed by atoms with Crippen LogP contribution in [0.1, 0.15) is 25.3 Å². The van der Waals surface area contributed by atoms with Gasteiger partial charge in [-0.15, -0.1) is 0 Å². The van der Waals surface area contributed by atoms with Gasteiger partial charge in [-0.25, -0.2) is 10.1 Å². The number of benzene rings is 1. The third kappa shape index (κ3) is 3.74. The molecule has 18 heavy (non-hydrogen) atoms. The fourth-order valence-electron chi connectivity index (χ4n) is 1.80. The van der Waals surface area contributed by atoms with Crippen LogP contribution in [0.5, 0.6) is 0 Å². The minimum absolute atomic E-state index is 0.593. The summed E-state index contributed by atoms with van der Waals surface area (Å²) in [6.07, 6.45) is 2.34. The summed E-state index contributed by atoms with van der Waals surface area (Å²) >= 11 is 0. The number of rotatable bonds is 6. The van der Waals surface area contributed by atoms with Gasteiger partial charge in [0.15, 0.2) is 0 Å². The summed E-state index contributed by atoms with van der Waals surface area (Å²) in [4.78, 5) is 10.2. The summed E-state index contributed by atoms with van der Waals surface area (Å²) < 4.78 is 0. The number of guanidine groups is 1. The van der Waals surface area contributed by atoms with Crippen LogP contribution in [0.3, 0.4) is 0 Å². The first-order chi connectivity index (χ1) is 8.90. The highest BCUT2D eigenvalue weighted by Crippen LogP contribution is 2.06. The van der Waals surface area contributed by atoms with Crippen LogP contribution in [0.15, 0.2) is 35.3 Å². The molecule has 0 aromatic heterocycles. The molecule has 1 aromatic carbocycles. The molecular formula is C14H21N3O. The lowest BCUT2D eigenvalue weighted by atomic mass is 10.2. The van der Waals surface area contributed by atoms with Crippen LogP contribution in [0, 0.1) is 0 Å². The minimum Gasteiger partial charge on any atom is -0.354 e. The molecule has 1 N–H and O–H groups in total. The lowest BCUT2D eigenvalue weighted by Crippen LogP contribution is -2.38. The van der Waals surface area contributed by atoms with Crippen LogP contribution in [-0.2, 0) is 11.4 Å². The normalized spacial score (nSPS) is 14.7. The number of aliphatic imine (C=N–C) groups is 1. The van der Waals surface area contributed by atoms with Crippen molar-refractivity contribution in [3.8, 4) is 0 Å². The maximum atomic E-state index is 5.77. The summed E-state index contributed by atoms with van der Waals surface area (Å²) in [6.45, 7) is 5.38. The highest BCUT2D eigenvalue weighted by molar-refractivity contribution is 5.80. The maximum Gasteiger partial charge on any atom is 0.218 e. The molecule has 4 nitrogen and oxygen atoms in total. The number of hydrogen-bond acceptors (Lipinski definition) is 4. The van der Waals surface area contributed by atoms with Gasteiger partial charge in [0.05, 0.1) is 13.1 Å². The van der Waals surface area contributed by atoms with Gasteiger partial charge in [-0.2, -0.15) is 0 Å². The zero-order valence-electron chi connectivity index (χ0n) is 10.9. The van der Waals surface area contributed by atoms with Gasteiger partial charge in [0.1, 0.15) is 6.61 Å². The van der Waals surface area contributed by atoms with Gasteiger partial charge in [0.2, 0.25) is 5.96 Å². The van der Waals surface area contributed by atoms with Gasteiger partial charge in [-0.05, 0) is 12.0 Å². The third-order valence-electron chi connectivity index (χ3n) is 2.84. The Labute approximate surface area is 109 Å². The monoisotopic (exact) mass is 247 g/mol. The van der Waals surface area contributed by atoms with Crippen molar-refractivity contribution < 1.29 is 4.84 Å². The standard InChI is InChI=1S/C14H21N3O/c1-2-3-9-15-14-16-10-11-17(14)18-12-13-7-5-4-6-8-13/h4-8H,2-3,9-12H2,1H3,(H,15,16). The number of hydrogen-bond donors (Lipinski definition) is 1. The molecule has 0 bridgehead atoms. The smallest absolute Gasteiger partial charge is 0.218 e. The topological polar surface area (TPSA) is 36.9 Å². The first-order valence-corrected chi connectivity index (χ1v) is 6.63. The quantitative estimate of drug-likeness (QED) is 0.783. The molecule has 1 aliphatic rings. The van der Waals surface area contributed by atoms with Gasteiger partial charge in [0, 0.05) is 6.54 Å². The van der Waals surface area contributed by atoms with Crippen LogP contribution in [0.4, 0.5) is 0 Å². The molecule has 0 saturated carbocycles. The molecule has 1 aromatic rings. The van der Waals surface area contributed by atoms with Crippen molar-refractivity contribution >= 4 is 5.96 Å². The molecule has 0 unspecified atom stereocenters. The number of hydroxylamine groups is 2. The van der Waals surface area contributed by atoms with E-state index in [0.717, 1.165) is 32.0 Å². The molecule has 0 saturated heterocycles. The highest BCUT2D eigenvalue weighted by atomic mass is 16.7. The first-order valence-electron chi connectivity index (χ1n) is 6.63. The molecule has 1 heterocycles. The van der Waals surface area contributed by atoms with Crippen LogP contribution < -0.4 is 5.32 Å². The average molecular weight is 247 g/mol. The van der Waals surface area contributed by atoms with Crippen LogP contribution in [-0.4, -0.2) is 30.7 Å². The van der Waals surface area contributed by atoms with E-state index in [4.69, 9.17) is 4.84 Å². The van der Waals surface area contributed by atoms with Crippen LogP contribution in [0.2, 0.25) is 0 Å². The molecule has 0 fully saturated rings. The van der Waals surface area contributed by atoms with Crippen molar-refractivity contribution in [2.75, 3.05) is 19.6 Å². The number of nitrogens with one attached hydrogen (secondary N) is 1. The van der Waals surface area contributed by atoms with Gasteiger partial charge in [0.25, 0.3) is 0 Å². The Hall–Kier alpha value is -1.55. The van der Waals surface area contributed by atoms with E-state index in [1.54, 1.807) is 0 Å². The summed E-state index contributed by atoms with van der Waals surface area (Å²) in [7, 11) is 0. The van der Waals surface area contributed by atoms with Crippen LogP contribution in [0.25, 0.3) is 0 Å². The molecule has 2 rings (SSSR count). The van der Waals surface area contributed by atoms with Gasteiger partial charge in [-0.1, -0.05) is 43.7 Å². The molecule has 0 radical (unpaired) electrons. The molecule has 1 aliphatic heterocycles. The number of unbranched alkanes of at least 4 members (excludes halogenated alkanes) is 1. The highest BCUT2D eigenvalue weighted by Gasteiger charge is 2.16. The van der Waals surface area contributed by atoms with Crippen molar-refractivity contribution in [2.45, 2.75) is 26.4 Å². The van der Waals surface area contributed by atoms with E-state index in [9.17, 15) is 0 Å². The zero-order valence-corrected chi connectivity index (χ0v) is 10.9. The fraction of sp³-hybridized carbons (Fsp3) is 0.500. The second-order valence-corrected chi connectivity index (χ2v) is 4.35. The van der Waals surface area contributed by atoms with Crippen molar-refractivity contribution in [3.63, 3.8) is 0 Å². The Morgan fingerprint density at radius 2 is 2.17 bits per heavy atom. The Bertz CT molecular complexity index is 378. The Morgan fingerprint density at radius 1 is 1.33 bits per heavy atom. The average Bonchev–Trinajstić information content (AvgIpc) is 2.86. The molecule has 0 spiro atoms. The second kappa shape index (κ2) is 7.01. The summed E-state index contributed by atoms with van der Waals surface area (Å²) in [6, 6.07) is 10.2. The molecular weight excluding hydrogens is 226 g/mol. The van der Waals surface area contributed by atoms with E-state index < -0.39 is 0 Å². The van der Waals surface area contributed by atoms with E-state index in [1.165, 1.54) is 12.0 Å². The van der Waals surface area contributed by atoms with E-state index in [-0.39, 0.29) is 0 Å². The van der Waals surface area contributed by atoms with Crippen LogP contribution >= 0.6 is 0 Å². The van der Waals surface area contributed by atoms with Crippen molar-refractivity contribution in [2.24, 2.45) is 4.99 Å². The zero-order chi connectivity index (χ0) is 12.6. The fourth-order valence-corrected chi connectivity index (χ4v) is 1.80. The first kappa shape index (κ1) is 12.9. The Kier molecular flexibility index (Phi) is 5.02. The molecule has 4 heteroatoms. The lowest BCUT2D eigenvalue weighted by Gasteiger charge is -2.20. The van der Waals surface area contributed by atoms with E-state index in [0.29, 0.717) is 6.61 Å². The molecule has 0 amide bonds. The Morgan fingerprint density at radius 3 is 2.94 bits per heavy atom. The third-order valence-corrected chi connectivity index (χ3v) is 2.84. The summed E-state index contributed by atoms with van der Waals surface area (Å²) in [5, 5.41) is 5.18. The summed E-state index contributed by atoms with van der Waals surface area (Å²) in [5.41, 5.74) is 1.18. The summed E-state index contributed by atoms with van der Waals surface area (Å²) in [5.74, 6) is 0.874. The van der Waals surface area contributed by atoms with E-state index >= 15 is 0 Å². The molecule has 0 aliphatic carbocycles. The lowest BCUT2D eigenvalue weighted by molar-refractivity contribution is -0.105. The van der Waals surface area contributed by atoms with Crippen molar-refractivity contribution in [3.05, 3.63) is 35.9 Å². The maximum absolute atomic E-state index is 5.77. The second-order valence-electron chi connectivity index (χ2n) is 4.35. The van der Waals surface area contributed by atoms with Crippen molar-refractivity contribution in [1.29, 1.82) is 0 Å². The van der Waals surface area contributed by atoms with E-state index in [2.05, 4.69) is 29.4 Å². The predicted molar refractivity (Wildman–Crippen MR) is 73.1 cm³/mol. The van der Waals surface area contributed by atoms with Gasteiger partial charge in [-0.3, -0.25) is 4.84 Å². The predicted octanol–water partition coefficient (Wildman–Crippen LogP) is 2.18. The Balaban J connectivity index is 1.77. The van der Waals surface area contributed by atoms with Gasteiger partial charge < -0.3 is 5.32 Å². The SMILES string of the molecule is CCCCNC1=NCCN1OCc1ccccc1. The molecule has 98 valence electrons. The largest absolute Gasteiger partial charge is 0.354 e. The number of nitrogens with zero attached hydrogens (tertiary/aromatic N) is 2. The minimum atomic E-state index is 0.593.